The van der Waals surface area contributed by atoms with Gasteiger partial charge in [-0.2, -0.15) is 0 Å². The van der Waals surface area contributed by atoms with Crippen LogP contribution in [0.5, 0.6) is 0 Å². The smallest absolute Gasteiger partial charge is 0.322 e. The van der Waals surface area contributed by atoms with Gasteiger partial charge in [0.05, 0.1) is 6.42 Å². The van der Waals surface area contributed by atoms with Crippen LogP contribution in [0.25, 0.3) is 0 Å². The lowest BCUT2D eigenvalue weighted by molar-refractivity contribution is -0.137. The molecule has 5 heteroatoms. The second-order valence-corrected chi connectivity index (χ2v) is 8.57. The van der Waals surface area contributed by atoms with E-state index in [2.05, 4.69) is 17.6 Å². The monoisotopic (exact) mass is 432 g/mol. The molecule has 1 rings (SSSR count). The second-order valence-electron chi connectivity index (χ2n) is 8.57. The van der Waals surface area contributed by atoms with Crippen molar-refractivity contribution in [1.29, 1.82) is 0 Å². The number of anilines is 1. The second kappa shape index (κ2) is 18.7. The highest BCUT2D eigenvalue weighted by Gasteiger charge is 2.05. The summed E-state index contributed by atoms with van der Waals surface area (Å²) in [5.74, 6) is -1.30. The predicted octanol–water partition coefficient (Wildman–Crippen LogP) is 6.32. The summed E-state index contributed by atoms with van der Waals surface area (Å²) in [6.07, 6.45) is 19.4. The number of amides is 1. The van der Waals surface area contributed by atoms with Crippen LogP contribution in [0.1, 0.15) is 102 Å². The highest BCUT2D eigenvalue weighted by molar-refractivity contribution is 5.82. The van der Waals surface area contributed by atoms with Gasteiger partial charge in [0, 0.05) is 12.2 Å². The number of unbranched alkanes of at least 4 members (excludes halogenated alkanes) is 13. The zero-order chi connectivity index (χ0) is 22.6. The van der Waals surface area contributed by atoms with Gasteiger partial charge in [-0.3, -0.25) is 9.59 Å². The first kappa shape index (κ1) is 27.0. The number of hydrogen-bond donors (Lipinski definition) is 3. The molecule has 0 unspecified atom stereocenters. The Balaban J connectivity index is 1.93. The summed E-state index contributed by atoms with van der Waals surface area (Å²) in [6.45, 7) is 2.91. The molecule has 0 aromatic heterocycles. The van der Waals surface area contributed by atoms with Crippen molar-refractivity contribution in [3.8, 4) is 0 Å². The fourth-order valence-electron chi connectivity index (χ4n) is 3.71. The number of aliphatic carboxylic acids is 1. The summed E-state index contributed by atoms with van der Waals surface area (Å²) >= 11 is 0. The maximum atomic E-state index is 11.6. The van der Waals surface area contributed by atoms with E-state index in [1.165, 1.54) is 89.9 Å². The molecule has 0 saturated carbocycles. The van der Waals surface area contributed by atoms with Crippen molar-refractivity contribution in [2.45, 2.75) is 103 Å². The van der Waals surface area contributed by atoms with Gasteiger partial charge in [0.15, 0.2) is 0 Å². The molecule has 0 aliphatic carbocycles. The number of carbonyl (C=O) groups is 2. The first-order valence-electron chi connectivity index (χ1n) is 12.4. The van der Waals surface area contributed by atoms with E-state index in [9.17, 15) is 9.59 Å². The molecule has 1 aromatic rings. The van der Waals surface area contributed by atoms with E-state index in [-0.39, 0.29) is 18.9 Å². The molecule has 0 heterocycles. The molecular weight excluding hydrogens is 388 g/mol. The number of carbonyl (C=O) groups excluding carboxylic acids is 1. The Hall–Kier alpha value is -2.04. The van der Waals surface area contributed by atoms with Gasteiger partial charge in [-0.15, -0.1) is 0 Å². The molecular formula is C26H44N2O3. The minimum Gasteiger partial charge on any atom is -0.480 e. The molecule has 0 aliphatic rings. The molecule has 3 N–H and O–H groups in total. The predicted molar refractivity (Wildman–Crippen MR) is 130 cm³/mol. The lowest BCUT2D eigenvalue weighted by atomic mass is 10.0. The number of rotatable bonds is 20. The average molecular weight is 433 g/mol. The molecule has 176 valence electrons. The molecule has 0 spiro atoms. The van der Waals surface area contributed by atoms with Gasteiger partial charge >= 0.3 is 5.97 Å². The highest BCUT2D eigenvalue weighted by atomic mass is 16.4. The molecule has 0 aliphatic heterocycles. The topological polar surface area (TPSA) is 78.4 Å². The third kappa shape index (κ3) is 16.3. The zero-order valence-electron chi connectivity index (χ0n) is 19.6. The summed E-state index contributed by atoms with van der Waals surface area (Å²) in [4.78, 5) is 22.1. The van der Waals surface area contributed by atoms with E-state index in [0.29, 0.717) is 0 Å². The molecule has 0 atom stereocenters. The van der Waals surface area contributed by atoms with Crippen molar-refractivity contribution in [3.05, 3.63) is 29.8 Å². The number of benzene rings is 1. The van der Waals surface area contributed by atoms with Crippen molar-refractivity contribution in [2.24, 2.45) is 0 Å². The molecule has 1 amide bonds. The van der Waals surface area contributed by atoms with Crippen molar-refractivity contribution in [3.63, 3.8) is 0 Å². The Morgan fingerprint density at radius 3 is 1.71 bits per heavy atom. The zero-order valence-corrected chi connectivity index (χ0v) is 19.6. The summed E-state index contributed by atoms with van der Waals surface area (Å²) in [7, 11) is 0. The van der Waals surface area contributed by atoms with Gasteiger partial charge in [0.1, 0.15) is 6.54 Å². The van der Waals surface area contributed by atoms with E-state index >= 15 is 0 Å². The van der Waals surface area contributed by atoms with Crippen LogP contribution in [0, 0.1) is 0 Å². The van der Waals surface area contributed by atoms with Crippen LogP contribution in [-0.2, 0) is 16.0 Å². The molecule has 1 aromatic carbocycles. The van der Waals surface area contributed by atoms with Gasteiger partial charge in [-0.25, -0.2) is 0 Å². The van der Waals surface area contributed by atoms with Crippen LogP contribution in [0.3, 0.4) is 0 Å². The van der Waals surface area contributed by atoms with E-state index in [0.717, 1.165) is 17.8 Å². The third-order valence-electron chi connectivity index (χ3n) is 5.61. The van der Waals surface area contributed by atoms with Crippen LogP contribution in [0.4, 0.5) is 5.69 Å². The van der Waals surface area contributed by atoms with Gasteiger partial charge in [-0.05, 0) is 24.1 Å². The van der Waals surface area contributed by atoms with E-state index in [4.69, 9.17) is 5.11 Å². The van der Waals surface area contributed by atoms with E-state index in [1.54, 1.807) is 0 Å². The molecule has 0 radical (unpaired) electrons. The summed E-state index contributed by atoms with van der Waals surface area (Å²) in [6, 6.07) is 7.77. The Bertz CT molecular complexity index is 587. The van der Waals surface area contributed by atoms with Crippen molar-refractivity contribution < 1.29 is 14.7 Å². The largest absolute Gasteiger partial charge is 0.480 e. The van der Waals surface area contributed by atoms with E-state index < -0.39 is 5.97 Å². The van der Waals surface area contributed by atoms with Crippen LogP contribution in [0.15, 0.2) is 24.3 Å². The van der Waals surface area contributed by atoms with Crippen molar-refractivity contribution in [1.82, 2.24) is 5.32 Å². The van der Waals surface area contributed by atoms with Gasteiger partial charge in [0.25, 0.3) is 0 Å². The first-order chi connectivity index (χ1) is 15.1. The molecule has 0 fully saturated rings. The van der Waals surface area contributed by atoms with Gasteiger partial charge < -0.3 is 15.7 Å². The third-order valence-corrected chi connectivity index (χ3v) is 5.61. The maximum Gasteiger partial charge on any atom is 0.322 e. The fraction of sp³-hybridized carbons (Fsp3) is 0.692. The van der Waals surface area contributed by atoms with E-state index in [1.807, 2.05) is 24.3 Å². The van der Waals surface area contributed by atoms with Crippen LogP contribution in [-0.4, -0.2) is 30.1 Å². The number of hydrogen-bond acceptors (Lipinski definition) is 3. The lowest BCUT2D eigenvalue weighted by Gasteiger charge is -2.08. The average Bonchev–Trinajstić information content (AvgIpc) is 2.76. The Labute approximate surface area is 189 Å². The number of nitrogens with one attached hydrogen (secondary N) is 2. The van der Waals surface area contributed by atoms with Crippen molar-refractivity contribution >= 4 is 17.6 Å². The molecule has 0 saturated heterocycles. The van der Waals surface area contributed by atoms with Crippen LogP contribution >= 0.6 is 0 Å². The molecule has 0 bridgehead atoms. The quantitative estimate of drug-likeness (QED) is 0.211. The lowest BCUT2D eigenvalue weighted by Crippen LogP contribution is -2.30. The summed E-state index contributed by atoms with van der Waals surface area (Å²) in [5, 5.41) is 14.4. The normalized spacial score (nSPS) is 10.7. The van der Waals surface area contributed by atoms with Gasteiger partial charge in [-0.1, -0.05) is 103 Å². The number of carboxylic acid groups (broad SMARTS) is 1. The molecule has 5 nitrogen and oxygen atoms in total. The number of carboxylic acids is 1. The minimum atomic E-state index is -1.03. The SMILES string of the molecule is CCCCCCCCCCCCCCCCNc1ccc(CC(=O)NCC(=O)O)cc1. The Kier molecular flexibility index (Phi) is 16.3. The van der Waals surface area contributed by atoms with Gasteiger partial charge in [0.2, 0.25) is 5.91 Å². The molecule has 31 heavy (non-hydrogen) atoms. The first-order valence-corrected chi connectivity index (χ1v) is 12.4. The summed E-state index contributed by atoms with van der Waals surface area (Å²) < 4.78 is 0. The minimum absolute atomic E-state index is 0.201. The Morgan fingerprint density at radius 2 is 1.23 bits per heavy atom. The Morgan fingerprint density at radius 1 is 0.742 bits per heavy atom. The van der Waals surface area contributed by atoms with Crippen molar-refractivity contribution in [2.75, 3.05) is 18.4 Å². The standard InChI is InChI=1S/C26H44N2O3/c1-2-3-4-5-6-7-8-9-10-11-12-13-14-15-20-27-24-18-16-23(17-19-24)21-25(29)28-22-26(30)31/h16-19,27H,2-15,20-22H2,1H3,(H,28,29)(H,30,31). The van der Waals surface area contributed by atoms with Crippen LogP contribution in [0.2, 0.25) is 0 Å². The highest BCUT2D eigenvalue weighted by Crippen LogP contribution is 2.14. The summed E-state index contributed by atoms with van der Waals surface area (Å²) in [5.41, 5.74) is 1.94. The maximum absolute atomic E-state index is 11.6. The van der Waals surface area contributed by atoms with Crippen LogP contribution < -0.4 is 10.6 Å². The fourth-order valence-corrected chi connectivity index (χ4v) is 3.71.